The van der Waals surface area contributed by atoms with Gasteiger partial charge in [-0.25, -0.2) is 13.1 Å². The minimum atomic E-state index is -3.14. The molecule has 2 aliphatic heterocycles. The van der Waals surface area contributed by atoms with Gasteiger partial charge in [-0.15, -0.1) is 0 Å². The Balaban J connectivity index is 1.67. The number of nitrogens with one attached hydrogen (secondary N) is 2. The van der Waals surface area contributed by atoms with Gasteiger partial charge in [-0.1, -0.05) is 0 Å². The maximum atomic E-state index is 12.0. The SMILES string of the molecule is CC(CNS(=O)(=O)CCN1CCNCC1)N1CCCC1. The van der Waals surface area contributed by atoms with Crippen molar-refractivity contribution < 1.29 is 8.42 Å². The Morgan fingerprint density at radius 2 is 1.80 bits per heavy atom. The highest BCUT2D eigenvalue weighted by Gasteiger charge is 2.20. The zero-order valence-electron chi connectivity index (χ0n) is 12.5. The molecule has 0 aromatic carbocycles. The van der Waals surface area contributed by atoms with E-state index in [1.54, 1.807) is 0 Å². The average Bonchev–Trinajstić information content (AvgIpc) is 2.98. The van der Waals surface area contributed by atoms with E-state index < -0.39 is 10.0 Å². The van der Waals surface area contributed by atoms with Crippen LogP contribution < -0.4 is 10.0 Å². The predicted octanol–water partition coefficient (Wildman–Crippen LogP) is -0.705. The van der Waals surface area contributed by atoms with Gasteiger partial charge in [0, 0.05) is 45.3 Å². The van der Waals surface area contributed by atoms with Crippen molar-refractivity contribution in [3.8, 4) is 0 Å². The topological polar surface area (TPSA) is 64.7 Å². The van der Waals surface area contributed by atoms with Crippen LogP contribution >= 0.6 is 0 Å². The Hall–Kier alpha value is -0.210. The van der Waals surface area contributed by atoms with Crippen molar-refractivity contribution >= 4 is 10.0 Å². The molecule has 6 nitrogen and oxygen atoms in total. The first-order valence-electron chi connectivity index (χ1n) is 7.71. The molecule has 2 rings (SSSR count). The first-order valence-corrected chi connectivity index (χ1v) is 9.36. The second-order valence-electron chi connectivity index (χ2n) is 5.85. The summed E-state index contributed by atoms with van der Waals surface area (Å²) in [7, 11) is -3.14. The van der Waals surface area contributed by atoms with Crippen LogP contribution in [0.25, 0.3) is 0 Å². The van der Waals surface area contributed by atoms with Crippen molar-refractivity contribution in [1.82, 2.24) is 19.8 Å². The van der Waals surface area contributed by atoms with Gasteiger partial charge in [0.05, 0.1) is 5.75 Å². The van der Waals surface area contributed by atoms with Gasteiger partial charge in [-0.2, -0.15) is 0 Å². The molecule has 0 bridgehead atoms. The van der Waals surface area contributed by atoms with E-state index in [4.69, 9.17) is 0 Å². The lowest BCUT2D eigenvalue weighted by molar-refractivity contribution is 0.252. The first kappa shape index (κ1) is 16.2. The highest BCUT2D eigenvalue weighted by molar-refractivity contribution is 7.89. The maximum Gasteiger partial charge on any atom is 0.212 e. The predicted molar refractivity (Wildman–Crippen MR) is 81.4 cm³/mol. The van der Waals surface area contributed by atoms with Crippen LogP contribution in [0.5, 0.6) is 0 Å². The van der Waals surface area contributed by atoms with Gasteiger partial charge in [0.2, 0.25) is 10.0 Å². The highest BCUT2D eigenvalue weighted by atomic mass is 32.2. The van der Waals surface area contributed by atoms with Crippen molar-refractivity contribution in [3.05, 3.63) is 0 Å². The van der Waals surface area contributed by atoms with E-state index in [0.29, 0.717) is 19.1 Å². The van der Waals surface area contributed by atoms with E-state index in [1.807, 2.05) is 0 Å². The van der Waals surface area contributed by atoms with E-state index in [9.17, 15) is 8.42 Å². The molecule has 2 saturated heterocycles. The molecule has 2 N–H and O–H groups in total. The summed E-state index contributed by atoms with van der Waals surface area (Å²) in [6.45, 7) is 9.27. The van der Waals surface area contributed by atoms with Crippen LogP contribution in [0.2, 0.25) is 0 Å². The summed E-state index contributed by atoms with van der Waals surface area (Å²) in [5.74, 6) is 0.208. The molecular weight excluding hydrogens is 276 g/mol. The molecule has 0 aromatic heterocycles. The van der Waals surface area contributed by atoms with Gasteiger partial charge in [0.15, 0.2) is 0 Å². The molecule has 20 heavy (non-hydrogen) atoms. The summed E-state index contributed by atoms with van der Waals surface area (Å²) >= 11 is 0. The van der Waals surface area contributed by atoms with Crippen LogP contribution in [0.3, 0.4) is 0 Å². The second kappa shape index (κ2) is 7.70. The summed E-state index contributed by atoms with van der Waals surface area (Å²) in [5.41, 5.74) is 0. The minimum absolute atomic E-state index is 0.208. The Labute approximate surface area is 122 Å². The molecule has 0 aromatic rings. The molecule has 0 aliphatic carbocycles. The van der Waals surface area contributed by atoms with Gasteiger partial charge < -0.3 is 5.32 Å². The largest absolute Gasteiger partial charge is 0.314 e. The van der Waals surface area contributed by atoms with Crippen molar-refractivity contribution in [2.45, 2.75) is 25.8 Å². The maximum absolute atomic E-state index is 12.0. The first-order chi connectivity index (χ1) is 9.57. The number of hydrogen-bond acceptors (Lipinski definition) is 5. The van der Waals surface area contributed by atoms with E-state index >= 15 is 0 Å². The fourth-order valence-electron chi connectivity index (χ4n) is 2.82. The number of piperazine rings is 1. The number of likely N-dealkylation sites (tertiary alicyclic amines) is 1. The number of nitrogens with zero attached hydrogens (tertiary/aromatic N) is 2. The number of sulfonamides is 1. The zero-order valence-corrected chi connectivity index (χ0v) is 13.3. The molecule has 1 unspecified atom stereocenters. The van der Waals surface area contributed by atoms with E-state index in [0.717, 1.165) is 39.3 Å². The molecule has 7 heteroatoms. The molecule has 2 heterocycles. The molecule has 0 spiro atoms. The third-order valence-electron chi connectivity index (χ3n) is 4.25. The Bertz CT molecular complexity index is 376. The fraction of sp³-hybridized carbons (Fsp3) is 1.00. The summed E-state index contributed by atoms with van der Waals surface area (Å²) in [5, 5.41) is 3.27. The van der Waals surface area contributed by atoms with Crippen LogP contribution in [-0.4, -0.2) is 82.4 Å². The Morgan fingerprint density at radius 3 is 2.45 bits per heavy atom. The summed E-state index contributed by atoms with van der Waals surface area (Å²) < 4.78 is 26.8. The smallest absolute Gasteiger partial charge is 0.212 e. The van der Waals surface area contributed by atoms with Crippen molar-refractivity contribution in [2.24, 2.45) is 0 Å². The van der Waals surface area contributed by atoms with Crippen molar-refractivity contribution in [2.75, 3.05) is 58.1 Å². The van der Waals surface area contributed by atoms with Crippen LogP contribution in [0.1, 0.15) is 19.8 Å². The van der Waals surface area contributed by atoms with Crippen LogP contribution in [0, 0.1) is 0 Å². The number of hydrogen-bond donors (Lipinski definition) is 2. The van der Waals surface area contributed by atoms with Crippen LogP contribution in [-0.2, 0) is 10.0 Å². The molecule has 1 atom stereocenters. The zero-order chi connectivity index (χ0) is 14.4. The average molecular weight is 304 g/mol. The molecular formula is C13H28N4O2S. The van der Waals surface area contributed by atoms with Gasteiger partial charge in [0.1, 0.15) is 0 Å². The third-order valence-corrected chi connectivity index (χ3v) is 5.58. The Morgan fingerprint density at radius 1 is 1.15 bits per heavy atom. The van der Waals surface area contributed by atoms with Gasteiger partial charge in [-0.05, 0) is 32.9 Å². The molecule has 0 saturated carbocycles. The number of rotatable bonds is 7. The summed E-state index contributed by atoms with van der Waals surface area (Å²) in [6.07, 6.45) is 2.47. The van der Waals surface area contributed by atoms with Crippen LogP contribution in [0.15, 0.2) is 0 Å². The second-order valence-corrected chi connectivity index (χ2v) is 7.78. The molecule has 0 amide bonds. The molecule has 2 fully saturated rings. The molecule has 0 radical (unpaired) electrons. The quantitative estimate of drug-likeness (QED) is 0.651. The lowest BCUT2D eigenvalue weighted by atomic mass is 10.3. The minimum Gasteiger partial charge on any atom is -0.314 e. The lowest BCUT2D eigenvalue weighted by Crippen LogP contribution is -2.47. The van der Waals surface area contributed by atoms with E-state index in [1.165, 1.54) is 12.8 Å². The van der Waals surface area contributed by atoms with E-state index in [-0.39, 0.29) is 5.75 Å². The standard InChI is InChI=1S/C13H28N4O2S/c1-13(17-6-2-3-7-17)12-15-20(18,19)11-10-16-8-4-14-5-9-16/h13-15H,2-12H2,1H3. The van der Waals surface area contributed by atoms with Gasteiger partial charge >= 0.3 is 0 Å². The van der Waals surface area contributed by atoms with E-state index in [2.05, 4.69) is 26.8 Å². The van der Waals surface area contributed by atoms with Crippen LogP contribution in [0.4, 0.5) is 0 Å². The van der Waals surface area contributed by atoms with Crippen molar-refractivity contribution in [1.29, 1.82) is 0 Å². The summed E-state index contributed by atoms with van der Waals surface area (Å²) in [6, 6.07) is 0.298. The van der Waals surface area contributed by atoms with Crippen molar-refractivity contribution in [3.63, 3.8) is 0 Å². The highest BCUT2D eigenvalue weighted by Crippen LogP contribution is 2.10. The fourth-order valence-corrected chi connectivity index (χ4v) is 3.95. The third kappa shape index (κ3) is 5.29. The Kier molecular flexibility index (Phi) is 6.22. The molecule has 2 aliphatic rings. The lowest BCUT2D eigenvalue weighted by Gasteiger charge is -2.27. The monoisotopic (exact) mass is 304 g/mol. The molecule has 118 valence electrons. The normalized spacial score (nSPS) is 24.1. The van der Waals surface area contributed by atoms with Gasteiger partial charge in [-0.3, -0.25) is 9.80 Å². The summed E-state index contributed by atoms with van der Waals surface area (Å²) in [4.78, 5) is 4.57. The van der Waals surface area contributed by atoms with Gasteiger partial charge in [0.25, 0.3) is 0 Å².